The zero-order chi connectivity index (χ0) is 20.3. The lowest BCUT2D eigenvalue weighted by atomic mass is 10.0. The van der Waals surface area contributed by atoms with Gasteiger partial charge in [-0.3, -0.25) is 4.79 Å². The Labute approximate surface area is 157 Å². The number of hydrogen-bond donors (Lipinski definition) is 1. The molecule has 1 N–H and O–H groups in total. The van der Waals surface area contributed by atoms with Crippen molar-refractivity contribution in [3.63, 3.8) is 0 Å². The monoisotopic (exact) mass is 374 g/mol. The van der Waals surface area contributed by atoms with Gasteiger partial charge in [-0.05, 0) is 51.8 Å². The van der Waals surface area contributed by atoms with Gasteiger partial charge in [-0.2, -0.15) is 0 Å². The van der Waals surface area contributed by atoms with Crippen LogP contribution in [0.3, 0.4) is 0 Å². The molecule has 0 unspecified atom stereocenters. The van der Waals surface area contributed by atoms with Gasteiger partial charge < -0.3 is 24.4 Å². The molecule has 7 heteroatoms. The minimum atomic E-state index is -1.33. The van der Waals surface area contributed by atoms with Crippen LogP contribution in [0.15, 0.2) is 21.3 Å². The van der Waals surface area contributed by atoms with Gasteiger partial charge in [0, 0.05) is 16.5 Å². The number of amides is 1. The van der Waals surface area contributed by atoms with Crippen LogP contribution in [0.25, 0.3) is 11.0 Å². The molecule has 0 aliphatic heterocycles. The Kier molecular flexibility index (Phi) is 6.25. The third-order valence-corrected chi connectivity index (χ3v) is 4.67. The molecule has 0 fully saturated rings. The van der Waals surface area contributed by atoms with E-state index in [1.165, 1.54) is 6.92 Å². The van der Waals surface area contributed by atoms with Crippen LogP contribution in [0, 0.1) is 20.8 Å². The van der Waals surface area contributed by atoms with Crippen LogP contribution in [0.1, 0.15) is 43.4 Å². The summed E-state index contributed by atoms with van der Waals surface area (Å²) >= 11 is 0. The fourth-order valence-corrected chi connectivity index (χ4v) is 2.82. The van der Waals surface area contributed by atoms with E-state index >= 15 is 0 Å². The van der Waals surface area contributed by atoms with Crippen molar-refractivity contribution >= 4 is 22.8 Å². The molecule has 0 spiro atoms. The lowest BCUT2D eigenvalue weighted by molar-refractivity contribution is -0.308. The zero-order valence-corrected chi connectivity index (χ0v) is 16.2. The maximum Gasteiger partial charge on any atom is 0.339 e. The summed E-state index contributed by atoms with van der Waals surface area (Å²) in [6, 6.07) is 2.42. The van der Waals surface area contributed by atoms with Crippen LogP contribution in [0.4, 0.5) is 0 Å². The van der Waals surface area contributed by atoms with Gasteiger partial charge in [-0.1, -0.05) is 13.3 Å². The van der Waals surface area contributed by atoms with Gasteiger partial charge in [0.2, 0.25) is 0 Å². The summed E-state index contributed by atoms with van der Waals surface area (Å²) < 4.78 is 11.1. The van der Waals surface area contributed by atoms with E-state index in [-0.39, 0.29) is 6.42 Å². The van der Waals surface area contributed by atoms with Gasteiger partial charge in [-0.25, -0.2) is 4.79 Å². The maximum absolute atomic E-state index is 12.3. The molecule has 1 aromatic carbocycles. The first-order valence-corrected chi connectivity index (χ1v) is 8.88. The van der Waals surface area contributed by atoms with Crippen LogP contribution in [0.5, 0.6) is 5.75 Å². The van der Waals surface area contributed by atoms with Crippen molar-refractivity contribution in [2.24, 2.45) is 0 Å². The van der Waals surface area contributed by atoms with Gasteiger partial charge >= 0.3 is 5.63 Å². The van der Waals surface area contributed by atoms with E-state index in [9.17, 15) is 19.5 Å². The van der Waals surface area contributed by atoms with Crippen LogP contribution >= 0.6 is 0 Å². The Morgan fingerprint density at radius 3 is 2.44 bits per heavy atom. The normalized spacial score (nSPS) is 13.2. The number of carbonyl (C=O) groups excluding carboxylic acids is 2. The lowest BCUT2D eigenvalue weighted by Gasteiger charge is -2.22. The highest BCUT2D eigenvalue weighted by molar-refractivity contribution is 5.87. The second-order valence-electron chi connectivity index (χ2n) is 6.63. The second-order valence-corrected chi connectivity index (χ2v) is 6.63. The molecule has 1 aromatic heterocycles. The number of carboxylic acid groups (broad SMARTS) is 1. The maximum atomic E-state index is 12.3. The van der Waals surface area contributed by atoms with Crippen LogP contribution in [0.2, 0.25) is 0 Å². The highest BCUT2D eigenvalue weighted by Gasteiger charge is 2.21. The summed E-state index contributed by atoms with van der Waals surface area (Å²) in [5.41, 5.74) is 1.97. The summed E-state index contributed by atoms with van der Waals surface area (Å²) in [6.07, 6.45) is -0.0619. The molecule has 0 saturated heterocycles. The Balaban J connectivity index is 2.26. The molecule has 2 rings (SSSR count). The predicted molar refractivity (Wildman–Crippen MR) is 98.6 cm³/mol. The molecular weight excluding hydrogens is 350 g/mol. The third kappa shape index (κ3) is 4.30. The summed E-state index contributed by atoms with van der Waals surface area (Å²) in [5.74, 6) is -1.50. The number of ether oxygens (including phenoxy) is 1. The molecule has 0 aliphatic rings. The lowest BCUT2D eigenvalue weighted by Crippen LogP contribution is -2.51. The number of aliphatic carboxylic acids is 1. The molecule has 2 atom stereocenters. The van der Waals surface area contributed by atoms with Crippen molar-refractivity contribution < 1.29 is 23.8 Å². The molecule has 1 amide bonds. The van der Waals surface area contributed by atoms with Gasteiger partial charge in [0.15, 0.2) is 6.10 Å². The first-order valence-electron chi connectivity index (χ1n) is 8.88. The SMILES string of the molecule is CCC[C@@H](NC(=O)[C@@H](C)Oc1ccc2c(C)c(C)c(=O)oc2c1C)C(=O)[O-]. The van der Waals surface area contributed by atoms with Crippen molar-refractivity contribution in [2.75, 3.05) is 0 Å². The van der Waals surface area contributed by atoms with Gasteiger partial charge in [0.1, 0.15) is 11.3 Å². The van der Waals surface area contributed by atoms with Crippen molar-refractivity contribution in [3.05, 3.63) is 39.2 Å². The van der Waals surface area contributed by atoms with Crippen molar-refractivity contribution in [1.82, 2.24) is 5.32 Å². The average molecular weight is 374 g/mol. The molecule has 7 nitrogen and oxygen atoms in total. The smallest absolute Gasteiger partial charge is 0.339 e. The highest BCUT2D eigenvalue weighted by atomic mass is 16.5. The second kappa shape index (κ2) is 8.24. The largest absolute Gasteiger partial charge is 0.548 e. The first-order chi connectivity index (χ1) is 12.7. The topological polar surface area (TPSA) is 109 Å². The molecule has 27 heavy (non-hydrogen) atoms. The van der Waals surface area contributed by atoms with E-state index in [2.05, 4.69) is 5.32 Å². The summed E-state index contributed by atoms with van der Waals surface area (Å²) in [5, 5.41) is 14.3. The molecule has 2 aromatic rings. The molecular formula is C20H24NO6-. The first kappa shape index (κ1) is 20.5. The third-order valence-electron chi connectivity index (χ3n) is 4.67. The summed E-state index contributed by atoms with van der Waals surface area (Å²) in [4.78, 5) is 35.3. The fourth-order valence-electron chi connectivity index (χ4n) is 2.82. The molecule has 1 heterocycles. The van der Waals surface area contributed by atoms with Crippen molar-refractivity contribution in [1.29, 1.82) is 0 Å². The van der Waals surface area contributed by atoms with E-state index < -0.39 is 29.6 Å². The van der Waals surface area contributed by atoms with E-state index in [1.54, 1.807) is 26.0 Å². The van der Waals surface area contributed by atoms with Crippen LogP contribution in [-0.4, -0.2) is 24.0 Å². The Hall–Kier alpha value is -2.83. The molecule has 0 saturated carbocycles. The van der Waals surface area contributed by atoms with Crippen LogP contribution in [-0.2, 0) is 9.59 Å². The number of carboxylic acids is 1. The van der Waals surface area contributed by atoms with Gasteiger partial charge in [0.05, 0.1) is 12.0 Å². The quantitative estimate of drug-likeness (QED) is 0.736. The van der Waals surface area contributed by atoms with Gasteiger partial charge in [-0.15, -0.1) is 0 Å². The summed E-state index contributed by atoms with van der Waals surface area (Å²) in [6.45, 7) is 8.63. The number of nitrogens with one attached hydrogen (secondary N) is 1. The number of fused-ring (bicyclic) bond motifs is 1. The molecule has 146 valence electrons. The minimum absolute atomic E-state index is 0.277. The number of rotatable bonds is 7. The van der Waals surface area contributed by atoms with E-state index in [1.807, 2.05) is 13.8 Å². The number of carbonyl (C=O) groups is 2. The predicted octanol–water partition coefficient (Wildman–Crippen LogP) is 1.52. The van der Waals surface area contributed by atoms with E-state index in [4.69, 9.17) is 9.15 Å². The van der Waals surface area contributed by atoms with Crippen molar-refractivity contribution in [2.45, 2.75) is 59.6 Å². The van der Waals surface area contributed by atoms with E-state index in [0.29, 0.717) is 28.9 Å². The Bertz CT molecular complexity index is 930. The number of benzene rings is 1. The average Bonchev–Trinajstić information content (AvgIpc) is 2.62. The Morgan fingerprint density at radius 2 is 1.85 bits per heavy atom. The highest BCUT2D eigenvalue weighted by Crippen LogP contribution is 2.29. The minimum Gasteiger partial charge on any atom is -0.548 e. The number of hydrogen-bond acceptors (Lipinski definition) is 6. The van der Waals surface area contributed by atoms with Crippen LogP contribution < -0.4 is 20.8 Å². The summed E-state index contributed by atoms with van der Waals surface area (Å²) in [7, 11) is 0. The van der Waals surface area contributed by atoms with Gasteiger partial charge in [0.25, 0.3) is 5.91 Å². The van der Waals surface area contributed by atoms with E-state index in [0.717, 1.165) is 10.9 Å². The standard InChI is InChI=1S/C20H25NO6/c1-6-7-15(19(23)24)21-18(22)13(5)26-16-9-8-14-10(2)11(3)20(25)27-17(14)12(16)4/h8-9,13,15H,6-7H2,1-5H3,(H,21,22)(H,23,24)/p-1/t13-,15-/m1/s1. The zero-order valence-electron chi connectivity index (χ0n) is 16.2. The Morgan fingerprint density at radius 1 is 1.19 bits per heavy atom. The number of aryl methyl sites for hydroxylation is 2. The van der Waals surface area contributed by atoms with Crippen molar-refractivity contribution in [3.8, 4) is 5.75 Å². The molecule has 0 radical (unpaired) electrons. The fraction of sp³-hybridized carbons (Fsp3) is 0.450. The molecule has 0 bridgehead atoms. The molecule has 0 aliphatic carbocycles.